The Morgan fingerprint density at radius 3 is 2.55 bits per heavy atom. The third-order valence-corrected chi connectivity index (χ3v) is 5.57. The molecule has 1 saturated heterocycles. The molecular formula is C21H24BrFN2O4. The van der Waals surface area contributed by atoms with Gasteiger partial charge >= 0.3 is 0 Å². The first-order chi connectivity index (χ1) is 14.0. The first-order valence-corrected chi connectivity index (χ1v) is 10.1. The van der Waals surface area contributed by atoms with Crippen molar-refractivity contribution in [2.45, 2.75) is 6.04 Å². The molecule has 0 aromatic heterocycles. The summed E-state index contributed by atoms with van der Waals surface area (Å²) in [5, 5.41) is 2.98. The van der Waals surface area contributed by atoms with E-state index in [0.29, 0.717) is 41.3 Å². The van der Waals surface area contributed by atoms with E-state index in [2.05, 4.69) is 26.1 Å². The second-order valence-electron chi connectivity index (χ2n) is 6.61. The summed E-state index contributed by atoms with van der Waals surface area (Å²) in [7, 11) is 3.19. The van der Waals surface area contributed by atoms with Crippen LogP contribution < -0.4 is 14.8 Å². The molecule has 156 valence electrons. The fraction of sp³-hybridized carbons (Fsp3) is 0.381. The molecule has 1 amide bonds. The van der Waals surface area contributed by atoms with Gasteiger partial charge in [0.25, 0.3) is 5.91 Å². The molecule has 29 heavy (non-hydrogen) atoms. The largest absolute Gasteiger partial charge is 0.493 e. The Balaban J connectivity index is 1.81. The van der Waals surface area contributed by atoms with Crippen LogP contribution in [0.4, 0.5) is 4.39 Å². The van der Waals surface area contributed by atoms with E-state index in [0.717, 1.165) is 18.7 Å². The van der Waals surface area contributed by atoms with E-state index in [4.69, 9.17) is 14.2 Å². The topological polar surface area (TPSA) is 60.0 Å². The van der Waals surface area contributed by atoms with Gasteiger partial charge in [0.2, 0.25) is 0 Å². The molecule has 1 heterocycles. The Hall–Kier alpha value is -2.16. The van der Waals surface area contributed by atoms with E-state index in [-0.39, 0.29) is 11.9 Å². The summed E-state index contributed by atoms with van der Waals surface area (Å²) in [6, 6.07) is 9.72. The highest BCUT2D eigenvalue weighted by molar-refractivity contribution is 9.10. The summed E-state index contributed by atoms with van der Waals surface area (Å²) in [6.45, 7) is 3.19. The van der Waals surface area contributed by atoms with Gasteiger partial charge in [-0.3, -0.25) is 9.69 Å². The number of hydrogen-bond donors (Lipinski definition) is 1. The van der Waals surface area contributed by atoms with Crippen LogP contribution >= 0.6 is 15.9 Å². The van der Waals surface area contributed by atoms with Gasteiger partial charge in [-0.2, -0.15) is 0 Å². The monoisotopic (exact) mass is 466 g/mol. The zero-order valence-corrected chi connectivity index (χ0v) is 18.0. The highest BCUT2D eigenvalue weighted by atomic mass is 79.9. The molecular weight excluding hydrogens is 443 g/mol. The third-order valence-electron chi connectivity index (χ3n) is 4.91. The summed E-state index contributed by atoms with van der Waals surface area (Å²) in [6.07, 6.45) is 0. The van der Waals surface area contributed by atoms with Crippen LogP contribution in [0.1, 0.15) is 22.0 Å². The maximum atomic E-state index is 13.3. The van der Waals surface area contributed by atoms with Gasteiger partial charge in [0.05, 0.1) is 39.0 Å². The van der Waals surface area contributed by atoms with Crippen LogP contribution in [0.3, 0.4) is 0 Å². The molecule has 0 spiro atoms. The molecule has 0 aliphatic carbocycles. The summed E-state index contributed by atoms with van der Waals surface area (Å²) in [4.78, 5) is 14.9. The quantitative estimate of drug-likeness (QED) is 0.677. The van der Waals surface area contributed by atoms with Gasteiger partial charge in [-0.05, 0) is 51.8 Å². The molecule has 0 radical (unpaired) electrons. The number of carbonyl (C=O) groups is 1. The molecule has 6 nitrogen and oxygen atoms in total. The van der Waals surface area contributed by atoms with Crippen LogP contribution in [0.2, 0.25) is 0 Å². The Bertz CT molecular complexity index is 859. The van der Waals surface area contributed by atoms with Crippen molar-refractivity contribution < 1.29 is 23.4 Å². The molecule has 1 aliphatic heterocycles. The molecule has 0 bridgehead atoms. The number of benzene rings is 2. The second-order valence-corrected chi connectivity index (χ2v) is 7.47. The van der Waals surface area contributed by atoms with Crippen molar-refractivity contribution in [2.24, 2.45) is 0 Å². The standard InChI is InChI=1S/C21H24BrFN2O4/c1-27-19-6-3-14(11-20(19)28-2)18(25-7-9-29-10-8-25)13-24-21(26)16-5-4-15(23)12-17(16)22/h3-6,11-12,18H,7-10,13H2,1-2H3,(H,24,26). The van der Waals surface area contributed by atoms with E-state index >= 15 is 0 Å². The minimum atomic E-state index is -0.398. The smallest absolute Gasteiger partial charge is 0.252 e. The maximum absolute atomic E-state index is 13.3. The average molecular weight is 467 g/mol. The molecule has 8 heteroatoms. The lowest BCUT2D eigenvalue weighted by molar-refractivity contribution is 0.0162. The predicted molar refractivity (Wildman–Crippen MR) is 111 cm³/mol. The molecule has 1 unspecified atom stereocenters. The Labute approximate surface area is 178 Å². The number of halogens is 2. The molecule has 2 aromatic carbocycles. The predicted octanol–water partition coefficient (Wildman–Crippen LogP) is 3.41. The number of carbonyl (C=O) groups excluding carboxylic acids is 1. The maximum Gasteiger partial charge on any atom is 0.252 e. The van der Waals surface area contributed by atoms with Crippen molar-refractivity contribution in [2.75, 3.05) is 47.1 Å². The van der Waals surface area contributed by atoms with Gasteiger partial charge in [0.1, 0.15) is 5.82 Å². The normalized spacial score (nSPS) is 15.6. The fourth-order valence-electron chi connectivity index (χ4n) is 3.37. The Morgan fingerprint density at radius 1 is 1.17 bits per heavy atom. The lowest BCUT2D eigenvalue weighted by Crippen LogP contribution is -2.43. The van der Waals surface area contributed by atoms with Gasteiger partial charge in [-0.15, -0.1) is 0 Å². The van der Waals surface area contributed by atoms with E-state index in [1.807, 2.05) is 18.2 Å². The zero-order chi connectivity index (χ0) is 20.8. The number of ether oxygens (including phenoxy) is 3. The minimum absolute atomic E-state index is 0.0677. The molecule has 1 N–H and O–H groups in total. The van der Waals surface area contributed by atoms with Crippen molar-refractivity contribution >= 4 is 21.8 Å². The van der Waals surface area contributed by atoms with Gasteiger partial charge < -0.3 is 19.5 Å². The van der Waals surface area contributed by atoms with Crippen molar-refractivity contribution in [3.8, 4) is 11.5 Å². The van der Waals surface area contributed by atoms with Crippen LogP contribution in [0.25, 0.3) is 0 Å². The zero-order valence-electron chi connectivity index (χ0n) is 16.4. The van der Waals surface area contributed by atoms with E-state index in [1.54, 1.807) is 14.2 Å². The second kappa shape index (κ2) is 10.0. The first kappa shape index (κ1) is 21.5. The van der Waals surface area contributed by atoms with Crippen LogP contribution in [0, 0.1) is 5.82 Å². The average Bonchev–Trinajstić information content (AvgIpc) is 2.74. The number of rotatable bonds is 7. The highest BCUT2D eigenvalue weighted by Gasteiger charge is 2.25. The molecule has 0 saturated carbocycles. The number of morpholine rings is 1. The van der Waals surface area contributed by atoms with Crippen LogP contribution in [0.15, 0.2) is 40.9 Å². The minimum Gasteiger partial charge on any atom is -0.493 e. The SMILES string of the molecule is COc1ccc(C(CNC(=O)c2ccc(F)cc2Br)N2CCOCC2)cc1OC. The molecule has 3 rings (SSSR count). The molecule has 1 fully saturated rings. The van der Waals surface area contributed by atoms with Gasteiger partial charge in [-0.25, -0.2) is 4.39 Å². The Morgan fingerprint density at radius 2 is 1.90 bits per heavy atom. The van der Waals surface area contributed by atoms with Gasteiger partial charge in [-0.1, -0.05) is 6.07 Å². The molecule has 1 atom stereocenters. The van der Waals surface area contributed by atoms with Crippen LogP contribution in [-0.2, 0) is 4.74 Å². The van der Waals surface area contributed by atoms with E-state index in [9.17, 15) is 9.18 Å². The van der Waals surface area contributed by atoms with Crippen molar-refractivity contribution in [1.82, 2.24) is 10.2 Å². The summed E-state index contributed by atoms with van der Waals surface area (Å²) in [5.74, 6) is 0.618. The third kappa shape index (κ3) is 5.26. The van der Waals surface area contributed by atoms with Crippen LogP contribution in [-0.4, -0.2) is 57.9 Å². The molecule has 2 aromatic rings. The summed E-state index contributed by atoms with van der Waals surface area (Å²) >= 11 is 3.25. The summed E-state index contributed by atoms with van der Waals surface area (Å²) in [5.41, 5.74) is 1.39. The number of nitrogens with zero attached hydrogens (tertiary/aromatic N) is 1. The van der Waals surface area contributed by atoms with E-state index in [1.165, 1.54) is 18.2 Å². The number of hydrogen-bond acceptors (Lipinski definition) is 5. The Kier molecular flexibility index (Phi) is 7.46. The number of nitrogens with one attached hydrogen (secondary N) is 1. The highest BCUT2D eigenvalue weighted by Crippen LogP contribution is 2.32. The first-order valence-electron chi connectivity index (χ1n) is 9.30. The number of methoxy groups -OCH3 is 2. The fourth-order valence-corrected chi connectivity index (χ4v) is 3.90. The lowest BCUT2D eigenvalue weighted by atomic mass is 10.0. The van der Waals surface area contributed by atoms with Gasteiger partial charge in [0, 0.05) is 24.1 Å². The summed E-state index contributed by atoms with van der Waals surface area (Å²) < 4.78 is 30.0. The van der Waals surface area contributed by atoms with E-state index < -0.39 is 5.82 Å². The number of amides is 1. The van der Waals surface area contributed by atoms with Crippen molar-refractivity contribution in [3.63, 3.8) is 0 Å². The van der Waals surface area contributed by atoms with Gasteiger partial charge in [0.15, 0.2) is 11.5 Å². The van der Waals surface area contributed by atoms with Crippen molar-refractivity contribution in [3.05, 3.63) is 57.8 Å². The molecule has 1 aliphatic rings. The van der Waals surface area contributed by atoms with Crippen molar-refractivity contribution in [1.29, 1.82) is 0 Å². The lowest BCUT2D eigenvalue weighted by Gasteiger charge is -2.35. The van der Waals surface area contributed by atoms with Crippen LogP contribution in [0.5, 0.6) is 11.5 Å².